The van der Waals surface area contributed by atoms with Crippen molar-refractivity contribution < 1.29 is 9.47 Å². The summed E-state index contributed by atoms with van der Waals surface area (Å²) >= 11 is 0. The Morgan fingerprint density at radius 1 is 1.24 bits per heavy atom. The van der Waals surface area contributed by atoms with Crippen LogP contribution in [0.15, 0.2) is 24.3 Å². The van der Waals surface area contributed by atoms with Crippen LogP contribution in [0.3, 0.4) is 0 Å². The van der Waals surface area contributed by atoms with Gasteiger partial charge in [0.15, 0.2) is 0 Å². The van der Waals surface area contributed by atoms with Gasteiger partial charge in [-0.1, -0.05) is 19.1 Å². The highest BCUT2D eigenvalue weighted by molar-refractivity contribution is 5.27. The monoisotopic (exact) mass is 294 g/mol. The maximum absolute atomic E-state index is 5.78. The topological polar surface area (TPSA) is 33.7 Å². The van der Waals surface area contributed by atoms with Crippen LogP contribution < -0.4 is 10.1 Å². The Labute approximate surface area is 129 Å². The molecule has 0 amide bonds. The van der Waals surface area contributed by atoms with Gasteiger partial charge in [-0.25, -0.2) is 0 Å². The van der Waals surface area contributed by atoms with E-state index in [4.69, 9.17) is 9.47 Å². The van der Waals surface area contributed by atoms with E-state index >= 15 is 0 Å². The van der Waals surface area contributed by atoms with Crippen LogP contribution in [-0.2, 0) is 11.3 Å². The largest absolute Gasteiger partial charge is 0.492 e. The third kappa shape index (κ3) is 7.46. The van der Waals surface area contributed by atoms with E-state index in [2.05, 4.69) is 43.2 Å². The molecule has 1 aromatic rings. The van der Waals surface area contributed by atoms with Crippen molar-refractivity contribution in [1.29, 1.82) is 0 Å². The fourth-order valence-electron chi connectivity index (χ4n) is 2.01. The molecule has 1 unspecified atom stereocenters. The Balaban J connectivity index is 2.26. The van der Waals surface area contributed by atoms with Gasteiger partial charge in [-0.3, -0.25) is 4.90 Å². The number of rotatable bonds is 11. The number of methoxy groups -OCH3 is 1. The van der Waals surface area contributed by atoms with Gasteiger partial charge < -0.3 is 14.8 Å². The van der Waals surface area contributed by atoms with Gasteiger partial charge in [0.2, 0.25) is 0 Å². The van der Waals surface area contributed by atoms with Gasteiger partial charge >= 0.3 is 0 Å². The van der Waals surface area contributed by atoms with Crippen molar-refractivity contribution in [2.45, 2.75) is 32.9 Å². The minimum atomic E-state index is 0.408. The summed E-state index contributed by atoms with van der Waals surface area (Å²) in [6.45, 7) is 8.64. The van der Waals surface area contributed by atoms with Crippen molar-refractivity contribution in [2.24, 2.45) is 0 Å². The normalized spacial score (nSPS) is 12.6. The molecule has 0 aliphatic carbocycles. The van der Waals surface area contributed by atoms with Crippen LogP contribution in [0.5, 0.6) is 5.75 Å². The first-order valence-corrected chi connectivity index (χ1v) is 7.79. The molecule has 0 fully saturated rings. The van der Waals surface area contributed by atoms with E-state index in [-0.39, 0.29) is 0 Å². The zero-order valence-electron chi connectivity index (χ0n) is 13.9. The van der Waals surface area contributed by atoms with Gasteiger partial charge in [-0.05, 0) is 44.6 Å². The van der Waals surface area contributed by atoms with Crippen molar-refractivity contribution in [3.05, 3.63) is 29.8 Å². The quantitative estimate of drug-likeness (QED) is 0.636. The predicted molar refractivity (Wildman–Crippen MR) is 87.9 cm³/mol. The summed E-state index contributed by atoms with van der Waals surface area (Å²) in [5.41, 5.74) is 1.29. The first kappa shape index (κ1) is 18.0. The summed E-state index contributed by atoms with van der Waals surface area (Å²) in [5, 5.41) is 3.39. The summed E-state index contributed by atoms with van der Waals surface area (Å²) in [6, 6.07) is 8.73. The highest BCUT2D eigenvalue weighted by Gasteiger charge is 2.08. The molecule has 0 bridgehead atoms. The fourth-order valence-corrected chi connectivity index (χ4v) is 2.01. The predicted octanol–water partition coefficient (Wildman–Crippen LogP) is 2.53. The van der Waals surface area contributed by atoms with Crippen molar-refractivity contribution in [3.8, 4) is 5.75 Å². The smallest absolute Gasteiger partial charge is 0.119 e. The minimum absolute atomic E-state index is 0.408. The number of hydrogen-bond donors (Lipinski definition) is 1. The van der Waals surface area contributed by atoms with Gasteiger partial charge in [-0.2, -0.15) is 0 Å². The minimum Gasteiger partial charge on any atom is -0.492 e. The lowest BCUT2D eigenvalue weighted by Gasteiger charge is -2.23. The van der Waals surface area contributed by atoms with Crippen LogP contribution in [0.1, 0.15) is 25.8 Å². The Morgan fingerprint density at radius 3 is 2.57 bits per heavy atom. The average Bonchev–Trinajstić information content (AvgIpc) is 2.49. The summed E-state index contributed by atoms with van der Waals surface area (Å²) in [5.74, 6) is 0.932. The molecule has 1 N–H and O–H groups in total. The van der Waals surface area contributed by atoms with Crippen molar-refractivity contribution in [1.82, 2.24) is 10.2 Å². The van der Waals surface area contributed by atoms with Crippen molar-refractivity contribution >= 4 is 0 Å². The van der Waals surface area contributed by atoms with Crippen LogP contribution in [0.4, 0.5) is 0 Å². The number of likely N-dealkylation sites (N-methyl/N-ethyl adjacent to an activating group) is 1. The Morgan fingerprint density at radius 2 is 1.95 bits per heavy atom. The van der Waals surface area contributed by atoms with E-state index < -0.39 is 0 Å². The number of ether oxygens (including phenoxy) is 2. The SMILES string of the molecule is CCCNCc1ccc(OCCN(C)C(C)COC)cc1. The molecule has 0 saturated carbocycles. The molecule has 0 aliphatic rings. The molecule has 4 nitrogen and oxygen atoms in total. The highest BCUT2D eigenvalue weighted by Crippen LogP contribution is 2.12. The van der Waals surface area contributed by atoms with Crippen LogP contribution >= 0.6 is 0 Å². The second kappa shape index (κ2) is 10.6. The lowest BCUT2D eigenvalue weighted by Crippen LogP contribution is -2.35. The zero-order valence-corrected chi connectivity index (χ0v) is 13.9. The molecule has 1 aromatic carbocycles. The third-order valence-electron chi connectivity index (χ3n) is 3.55. The van der Waals surface area contributed by atoms with Crippen molar-refractivity contribution in [3.63, 3.8) is 0 Å². The highest BCUT2D eigenvalue weighted by atomic mass is 16.5. The molecule has 0 radical (unpaired) electrons. The first-order chi connectivity index (χ1) is 10.2. The van der Waals surface area contributed by atoms with Gasteiger partial charge in [-0.15, -0.1) is 0 Å². The molecule has 21 heavy (non-hydrogen) atoms. The van der Waals surface area contributed by atoms with Crippen molar-refractivity contribution in [2.75, 3.05) is 40.5 Å². The second-order valence-corrected chi connectivity index (χ2v) is 5.45. The molecule has 0 aliphatic heterocycles. The molecule has 0 aromatic heterocycles. The molecule has 120 valence electrons. The molecule has 0 spiro atoms. The first-order valence-electron chi connectivity index (χ1n) is 7.79. The van der Waals surface area contributed by atoms with E-state index in [1.165, 1.54) is 5.56 Å². The lowest BCUT2D eigenvalue weighted by molar-refractivity contribution is 0.105. The van der Waals surface area contributed by atoms with E-state index in [1.54, 1.807) is 7.11 Å². The average molecular weight is 294 g/mol. The molecular weight excluding hydrogens is 264 g/mol. The van der Waals surface area contributed by atoms with Crippen LogP contribution in [0, 0.1) is 0 Å². The Bertz CT molecular complexity index is 368. The maximum Gasteiger partial charge on any atom is 0.119 e. The summed E-state index contributed by atoms with van der Waals surface area (Å²) in [6.07, 6.45) is 1.16. The number of benzene rings is 1. The molecule has 4 heteroatoms. The molecule has 0 heterocycles. The standard InChI is InChI=1S/C17H30N2O2/c1-5-10-18-13-16-6-8-17(9-7-16)21-12-11-19(3)15(2)14-20-4/h6-9,15,18H,5,10-14H2,1-4H3. The second-order valence-electron chi connectivity index (χ2n) is 5.45. The molecule has 0 saturated heterocycles. The van der Waals surface area contributed by atoms with Crippen LogP contribution in [0.2, 0.25) is 0 Å². The Hall–Kier alpha value is -1.10. The summed E-state index contributed by atoms with van der Waals surface area (Å²) < 4.78 is 10.9. The van der Waals surface area contributed by atoms with Crippen LogP contribution in [-0.4, -0.2) is 51.4 Å². The number of nitrogens with zero attached hydrogens (tertiary/aromatic N) is 1. The lowest BCUT2D eigenvalue weighted by atomic mass is 10.2. The van der Waals surface area contributed by atoms with E-state index in [9.17, 15) is 0 Å². The maximum atomic E-state index is 5.78. The summed E-state index contributed by atoms with van der Waals surface area (Å²) in [7, 11) is 3.83. The van der Waals surface area contributed by atoms with E-state index in [0.717, 1.165) is 38.4 Å². The molecular formula is C17H30N2O2. The van der Waals surface area contributed by atoms with Gasteiger partial charge in [0, 0.05) is 26.2 Å². The van der Waals surface area contributed by atoms with Gasteiger partial charge in [0.1, 0.15) is 12.4 Å². The number of nitrogens with one attached hydrogen (secondary N) is 1. The van der Waals surface area contributed by atoms with Gasteiger partial charge in [0.05, 0.1) is 6.61 Å². The number of hydrogen-bond acceptors (Lipinski definition) is 4. The van der Waals surface area contributed by atoms with E-state index in [1.807, 2.05) is 12.1 Å². The van der Waals surface area contributed by atoms with E-state index in [0.29, 0.717) is 12.6 Å². The summed E-state index contributed by atoms with van der Waals surface area (Å²) in [4.78, 5) is 2.24. The fraction of sp³-hybridized carbons (Fsp3) is 0.647. The molecule has 1 rings (SSSR count). The molecule has 1 atom stereocenters. The third-order valence-corrected chi connectivity index (χ3v) is 3.55. The van der Waals surface area contributed by atoms with Gasteiger partial charge in [0.25, 0.3) is 0 Å². The van der Waals surface area contributed by atoms with Crippen LogP contribution in [0.25, 0.3) is 0 Å². The Kier molecular flexibility index (Phi) is 9.06. The zero-order chi connectivity index (χ0) is 15.5.